The van der Waals surface area contributed by atoms with Crippen molar-refractivity contribution in [2.45, 2.75) is 129 Å². The van der Waals surface area contributed by atoms with Crippen molar-refractivity contribution in [3.8, 4) is 0 Å². The first-order valence-electron chi connectivity index (χ1n) is 14.0. The van der Waals surface area contributed by atoms with Crippen LogP contribution in [0.1, 0.15) is 112 Å². The minimum Gasteiger partial charge on any atom is -0.459 e. The topological polar surface area (TPSA) is 46.5 Å². The third kappa shape index (κ3) is 4.30. The Labute approximate surface area is 207 Å². The summed E-state index contributed by atoms with van der Waals surface area (Å²) in [6, 6.07) is 0. The van der Waals surface area contributed by atoms with Gasteiger partial charge >= 0.3 is 5.97 Å². The van der Waals surface area contributed by atoms with Gasteiger partial charge in [0.05, 0.1) is 0 Å². The molecule has 0 aromatic carbocycles. The second kappa shape index (κ2) is 9.30. The van der Waals surface area contributed by atoms with Crippen LogP contribution in [0, 0.1) is 46.3 Å². The number of carbonyl (C=O) groups is 1. The van der Waals surface area contributed by atoms with Crippen molar-refractivity contribution in [2.75, 3.05) is 0 Å². The summed E-state index contributed by atoms with van der Waals surface area (Å²) in [6.07, 6.45) is 12.0. The number of ether oxygens (including phenoxy) is 1. The molecule has 0 bridgehead atoms. The molecule has 3 nitrogen and oxygen atoms in total. The monoisotopic (exact) mass is 480 g/mol. The number of carbonyl (C=O) groups excluding carboxylic acids is 1. The van der Waals surface area contributed by atoms with Gasteiger partial charge in [-0.3, -0.25) is 4.79 Å². The molecular formula is C29H49ClO3. The van der Waals surface area contributed by atoms with Crippen molar-refractivity contribution in [1.29, 1.82) is 0 Å². The van der Waals surface area contributed by atoms with Crippen molar-refractivity contribution in [2.24, 2.45) is 46.3 Å². The van der Waals surface area contributed by atoms with Gasteiger partial charge in [0.1, 0.15) is 11.7 Å². The first-order valence-corrected chi connectivity index (χ1v) is 14.4. The Morgan fingerprint density at radius 2 is 1.79 bits per heavy atom. The van der Waals surface area contributed by atoms with E-state index in [0.717, 1.165) is 37.0 Å². The fourth-order valence-electron chi connectivity index (χ4n) is 9.57. The van der Waals surface area contributed by atoms with Gasteiger partial charge in [-0.05, 0) is 92.3 Å². The Hall–Kier alpha value is -0.280. The number of halogens is 1. The van der Waals surface area contributed by atoms with Crippen LogP contribution < -0.4 is 0 Å². The molecule has 0 saturated heterocycles. The molecule has 4 fully saturated rings. The largest absolute Gasteiger partial charge is 0.459 e. The second-order valence-corrected chi connectivity index (χ2v) is 14.0. The minimum absolute atomic E-state index is 0.0333. The van der Waals surface area contributed by atoms with Gasteiger partial charge in [0.2, 0.25) is 0 Å². The van der Waals surface area contributed by atoms with Gasteiger partial charge < -0.3 is 9.84 Å². The van der Waals surface area contributed by atoms with E-state index in [1.165, 1.54) is 51.9 Å². The summed E-state index contributed by atoms with van der Waals surface area (Å²) in [5, 5.41) is 12.1. The molecule has 0 heterocycles. The highest BCUT2D eigenvalue weighted by atomic mass is 35.5. The highest BCUT2D eigenvalue weighted by Gasteiger charge is 2.68. The van der Waals surface area contributed by atoms with Crippen LogP contribution in [0.15, 0.2) is 0 Å². The normalized spacial score (nSPS) is 48.0. The zero-order chi connectivity index (χ0) is 24.2. The standard InChI is InChI=1S/C29H49ClO3/c1-18(2)8-7-9-19(3)23-10-11-24-22-16-26(33-20(4)31)29(32)17-21(30)12-15-28(29,6)25(22)13-14-27(23,24)5/h18-19,21-26,32H,7-17H2,1-6H3/t19-,21+,22+,23-,24+,25+,26-,27-,28-,29+/m1/s1. The third-order valence-electron chi connectivity index (χ3n) is 11.3. The molecule has 0 aliphatic heterocycles. The van der Waals surface area contributed by atoms with Crippen LogP contribution >= 0.6 is 11.6 Å². The van der Waals surface area contributed by atoms with Gasteiger partial charge in [-0.25, -0.2) is 0 Å². The van der Waals surface area contributed by atoms with E-state index in [4.69, 9.17) is 16.3 Å². The molecule has 0 unspecified atom stereocenters. The number of aliphatic hydroxyl groups is 1. The second-order valence-electron chi connectivity index (χ2n) is 13.4. The highest BCUT2D eigenvalue weighted by Crippen LogP contribution is 2.69. The molecule has 190 valence electrons. The number of alkyl halides is 1. The van der Waals surface area contributed by atoms with Gasteiger partial charge in [-0.15, -0.1) is 11.6 Å². The summed E-state index contributed by atoms with van der Waals surface area (Å²) in [5.41, 5.74) is -0.835. The van der Waals surface area contributed by atoms with Crippen molar-refractivity contribution in [3.05, 3.63) is 0 Å². The zero-order valence-corrected chi connectivity index (χ0v) is 22.8. The quantitative estimate of drug-likeness (QED) is 0.318. The fraction of sp³-hybridized carbons (Fsp3) is 0.966. The van der Waals surface area contributed by atoms with Gasteiger partial charge in [-0.2, -0.15) is 0 Å². The van der Waals surface area contributed by atoms with Gasteiger partial charge in [-0.1, -0.05) is 53.9 Å². The third-order valence-corrected chi connectivity index (χ3v) is 11.7. The highest BCUT2D eigenvalue weighted by molar-refractivity contribution is 6.20. The lowest BCUT2D eigenvalue weighted by Crippen LogP contribution is -2.69. The van der Waals surface area contributed by atoms with E-state index in [1.807, 2.05) is 0 Å². The Kier molecular flexibility index (Phi) is 7.28. The molecule has 33 heavy (non-hydrogen) atoms. The average molecular weight is 481 g/mol. The molecule has 4 saturated carbocycles. The fourth-order valence-corrected chi connectivity index (χ4v) is 9.92. The van der Waals surface area contributed by atoms with Crippen LogP contribution in [-0.4, -0.2) is 28.2 Å². The van der Waals surface area contributed by atoms with E-state index < -0.39 is 11.7 Å². The van der Waals surface area contributed by atoms with Gasteiger partial charge in [0.15, 0.2) is 0 Å². The summed E-state index contributed by atoms with van der Waals surface area (Å²) in [5.74, 6) is 3.83. The summed E-state index contributed by atoms with van der Waals surface area (Å²) in [6.45, 7) is 13.6. The molecule has 4 heteroatoms. The number of hydrogen-bond donors (Lipinski definition) is 1. The lowest BCUT2D eigenvalue weighted by molar-refractivity contribution is -0.258. The molecule has 4 rings (SSSR count). The lowest BCUT2D eigenvalue weighted by atomic mass is 9.42. The maximum Gasteiger partial charge on any atom is 0.303 e. The van der Waals surface area contributed by atoms with Crippen LogP contribution in [0.2, 0.25) is 0 Å². The Balaban J connectivity index is 1.58. The molecule has 4 aliphatic rings. The minimum atomic E-state index is -1.000. The number of hydrogen-bond acceptors (Lipinski definition) is 3. The maximum absolute atomic E-state index is 12.1. The summed E-state index contributed by atoms with van der Waals surface area (Å²) >= 11 is 6.59. The van der Waals surface area contributed by atoms with Crippen LogP contribution in [0.25, 0.3) is 0 Å². The maximum atomic E-state index is 12.1. The average Bonchev–Trinajstić information content (AvgIpc) is 3.07. The molecule has 10 atom stereocenters. The predicted octanol–water partition coefficient (Wildman–Crippen LogP) is 7.37. The molecule has 0 radical (unpaired) electrons. The molecule has 0 aromatic heterocycles. The molecule has 0 amide bonds. The number of esters is 1. The Morgan fingerprint density at radius 3 is 2.45 bits per heavy atom. The molecule has 0 spiro atoms. The lowest BCUT2D eigenvalue weighted by Gasteiger charge is -2.65. The van der Waals surface area contributed by atoms with Crippen LogP contribution in [0.5, 0.6) is 0 Å². The van der Waals surface area contributed by atoms with Gasteiger partial charge in [0, 0.05) is 17.7 Å². The SMILES string of the molecule is CC(=O)O[C@@H]1C[C@H]2[C@@H]3CC[C@H]([C@H](C)CCCC(C)C)[C@@]3(C)CC[C@@H]2[C@@]2(C)CC[C@H](Cl)C[C@]12O. The zero-order valence-electron chi connectivity index (χ0n) is 22.0. The van der Waals surface area contributed by atoms with Crippen LogP contribution in [0.4, 0.5) is 0 Å². The van der Waals surface area contributed by atoms with Crippen LogP contribution in [-0.2, 0) is 9.53 Å². The van der Waals surface area contributed by atoms with E-state index in [0.29, 0.717) is 29.6 Å². The first-order chi connectivity index (χ1) is 15.4. The van der Waals surface area contributed by atoms with Crippen molar-refractivity contribution >= 4 is 17.6 Å². The molecule has 4 aliphatic carbocycles. The Morgan fingerprint density at radius 1 is 1.06 bits per heavy atom. The van der Waals surface area contributed by atoms with Crippen molar-refractivity contribution in [1.82, 2.24) is 0 Å². The summed E-state index contributed by atoms with van der Waals surface area (Å²) in [7, 11) is 0. The Bertz CT molecular complexity index is 724. The smallest absolute Gasteiger partial charge is 0.303 e. The molecule has 0 aromatic rings. The van der Waals surface area contributed by atoms with E-state index in [-0.39, 0.29) is 16.8 Å². The first kappa shape index (κ1) is 25.8. The predicted molar refractivity (Wildman–Crippen MR) is 135 cm³/mol. The van der Waals surface area contributed by atoms with Crippen LogP contribution in [0.3, 0.4) is 0 Å². The van der Waals surface area contributed by atoms with E-state index >= 15 is 0 Å². The molecule has 1 N–H and O–H groups in total. The van der Waals surface area contributed by atoms with Crippen molar-refractivity contribution in [3.63, 3.8) is 0 Å². The number of rotatable bonds is 6. The molecular weight excluding hydrogens is 432 g/mol. The summed E-state index contributed by atoms with van der Waals surface area (Å²) < 4.78 is 5.91. The van der Waals surface area contributed by atoms with Gasteiger partial charge in [0.25, 0.3) is 0 Å². The van der Waals surface area contributed by atoms with E-state index in [1.54, 1.807) is 0 Å². The number of fused-ring (bicyclic) bond motifs is 5. The van der Waals surface area contributed by atoms with E-state index in [2.05, 4.69) is 34.6 Å². The summed E-state index contributed by atoms with van der Waals surface area (Å²) in [4.78, 5) is 12.1. The van der Waals surface area contributed by atoms with Crippen molar-refractivity contribution < 1.29 is 14.6 Å². The van der Waals surface area contributed by atoms with E-state index in [9.17, 15) is 9.90 Å².